The van der Waals surface area contributed by atoms with Crippen LogP contribution in [0.2, 0.25) is 0 Å². The molecule has 0 radical (unpaired) electrons. The van der Waals surface area contributed by atoms with E-state index in [9.17, 15) is 8.42 Å². The molecular formula is C14H25N5O2S. The van der Waals surface area contributed by atoms with Crippen LogP contribution in [0.4, 0.5) is 0 Å². The zero-order valence-electron chi connectivity index (χ0n) is 13.3. The molecule has 2 aliphatic heterocycles. The summed E-state index contributed by atoms with van der Waals surface area (Å²) in [6.45, 7) is 4.61. The van der Waals surface area contributed by atoms with Crippen molar-refractivity contribution < 1.29 is 8.42 Å². The monoisotopic (exact) mass is 327 g/mol. The molecule has 0 N–H and O–H groups in total. The molecule has 3 heterocycles. The third-order valence-electron chi connectivity index (χ3n) is 4.89. The second kappa shape index (κ2) is 6.25. The predicted molar refractivity (Wildman–Crippen MR) is 83.4 cm³/mol. The largest absolute Gasteiger partial charge is 0.320 e. The van der Waals surface area contributed by atoms with Gasteiger partial charge in [0.1, 0.15) is 12.2 Å². The van der Waals surface area contributed by atoms with Gasteiger partial charge in [-0.05, 0) is 31.6 Å². The van der Waals surface area contributed by atoms with Crippen molar-refractivity contribution in [3.05, 3.63) is 12.2 Å². The van der Waals surface area contributed by atoms with Crippen LogP contribution in [0.3, 0.4) is 0 Å². The zero-order chi connectivity index (χ0) is 15.7. The highest BCUT2D eigenvalue weighted by molar-refractivity contribution is 7.86. The highest BCUT2D eigenvalue weighted by Gasteiger charge is 2.36. The third kappa shape index (κ3) is 3.04. The van der Waals surface area contributed by atoms with Gasteiger partial charge in [-0.1, -0.05) is 6.92 Å². The molecule has 2 fully saturated rings. The average Bonchev–Trinajstić information content (AvgIpc) is 2.94. The first-order valence-corrected chi connectivity index (χ1v) is 9.47. The van der Waals surface area contributed by atoms with Crippen LogP contribution in [0.1, 0.15) is 44.3 Å². The maximum atomic E-state index is 12.9. The lowest BCUT2D eigenvalue weighted by Crippen LogP contribution is -2.49. The molecule has 0 amide bonds. The van der Waals surface area contributed by atoms with Gasteiger partial charge in [0.15, 0.2) is 0 Å². The SMILES string of the molecule is CC1CCN(S(=O)(=O)N2CCCC(c3nncn3C)C2)CC1. The Labute approximate surface area is 132 Å². The van der Waals surface area contributed by atoms with Gasteiger partial charge in [-0.25, -0.2) is 0 Å². The molecule has 0 bridgehead atoms. The summed E-state index contributed by atoms with van der Waals surface area (Å²) in [5.41, 5.74) is 0. The van der Waals surface area contributed by atoms with E-state index in [0.717, 1.165) is 31.5 Å². The van der Waals surface area contributed by atoms with Gasteiger partial charge in [0.25, 0.3) is 10.2 Å². The molecule has 1 atom stereocenters. The van der Waals surface area contributed by atoms with Gasteiger partial charge in [-0.3, -0.25) is 0 Å². The van der Waals surface area contributed by atoms with Crippen molar-refractivity contribution in [2.75, 3.05) is 26.2 Å². The fourth-order valence-electron chi connectivity index (χ4n) is 3.40. The number of hydrogen-bond acceptors (Lipinski definition) is 4. The van der Waals surface area contributed by atoms with Crippen molar-refractivity contribution in [3.8, 4) is 0 Å². The standard InChI is InChI=1S/C14H25N5O2S/c1-12-5-8-18(9-6-12)22(20,21)19-7-3-4-13(10-19)14-16-15-11-17(14)2/h11-13H,3-10H2,1-2H3. The summed E-state index contributed by atoms with van der Waals surface area (Å²) in [5, 5.41) is 8.07. The molecule has 22 heavy (non-hydrogen) atoms. The maximum absolute atomic E-state index is 12.9. The summed E-state index contributed by atoms with van der Waals surface area (Å²) < 4.78 is 30.9. The van der Waals surface area contributed by atoms with Gasteiger partial charge >= 0.3 is 0 Å². The Morgan fingerprint density at radius 1 is 1.14 bits per heavy atom. The van der Waals surface area contributed by atoms with E-state index in [-0.39, 0.29) is 5.92 Å². The number of rotatable bonds is 3. The second-order valence-corrected chi connectivity index (χ2v) is 8.52. The van der Waals surface area contributed by atoms with Gasteiger partial charge < -0.3 is 4.57 Å². The average molecular weight is 327 g/mol. The summed E-state index contributed by atoms with van der Waals surface area (Å²) in [6, 6.07) is 0. The molecule has 7 nitrogen and oxygen atoms in total. The lowest BCUT2D eigenvalue weighted by atomic mass is 9.99. The Bertz CT molecular complexity index is 607. The molecule has 1 aromatic rings. The van der Waals surface area contributed by atoms with Gasteiger partial charge in [0.05, 0.1) is 0 Å². The molecule has 8 heteroatoms. The first kappa shape index (κ1) is 15.9. The third-order valence-corrected chi connectivity index (χ3v) is 6.89. The topological polar surface area (TPSA) is 71.3 Å². The van der Waals surface area contributed by atoms with E-state index in [1.807, 2.05) is 11.6 Å². The predicted octanol–water partition coefficient (Wildman–Crippen LogP) is 0.971. The molecule has 1 aromatic heterocycles. The second-order valence-electron chi connectivity index (χ2n) is 6.59. The molecule has 3 rings (SSSR count). The molecule has 0 aliphatic carbocycles. The molecule has 0 saturated carbocycles. The maximum Gasteiger partial charge on any atom is 0.281 e. The van der Waals surface area contributed by atoms with Gasteiger partial charge in [0.2, 0.25) is 0 Å². The smallest absolute Gasteiger partial charge is 0.281 e. The van der Waals surface area contributed by atoms with Crippen molar-refractivity contribution in [1.29, 1.82) is 0 Å². The summed E-state index contributed by atoms with van der Waals surface area (Å²) in [5.74, 6) is 1.64. The quantitative estimate of drug-likeness (QED) is 0.829. The van der Waals surface area contributed by atoms with E-state index in [1.54, 1.807) is 14.9 Å². The van der Waals surface area contributed by atoms with Crippen molar-refractivity contribution in [2.24, 2.45) is 13.0 Å². The van der Waals surface area contributed by atoms with Crippen LogP contribution in [-0.4, -0.2) is 58.0 Å². The van der Waals surface area contributed by atoms with E-state index in [0.29, 0.717) is 32.1 Å². The Kier molecular flexibility index (Phi) is 4.52. The highest BCUT2D eigenvalue weighted by atomic mass is 32.2. The first-order chi connectivity index (χ1) is 10.5. The number of piperidine rings is 2. The van der Waals surface area contributed by atoms with Crippen LogP contribution in [0.15, 0.2) is 6.33 Å². The van der Waals surface area contributed by atoms with Gasteiger partial charge in [-0.15, -0.1) is 10.2 Å². The molecular weight excluding hydrogens is 302 g/mol. The fraction of sp³-hybridized carbons (Fsp3) is 0.857. The molecule has 0 aromatic carbocycles. The summed E-state index contributed by atoms with van der Waals surface area (Å²) >= 11 is 0. The van der Waals surface area contributed by atoms with Gasteiger partial charge in [-0.2, -0.15) is 17.0 Å². The lowest BCUT2D eigenvalue weighted by Gasteiger charge is -2.37. The summed E-state index contributed by atoms with van der Waals surface area (Å²) in [7, 11) is -1.42. The Balaban J connectivity index is 1.72. The van der Waals surface area contributed by atoms with E-state index in [4.69, 9.17) is 0 Å². The Morgan fingerprint density at radius 2 is 1.86 bits per heavy atom. The van der Waals surface area contributed by atoms with Crippen LogP contribution < -0.4 is 0 Å². The summed E-state index contributed by atoms with van der Waals surface area (Å²) in [6.07, 6.45) is 5.44. The molecule has 1 unspecified atom stereocenters. The fourth-order valence-corrected chi connectivity index (χ4v) is 5.13. The normalized spacial score (nSPS) is 26.4. The Hall–Kier alpha value is -0.990. The van der Waals surface area contributed by atoms with E-state index >= 15 is 0 Å². The minimum Gasteiger partial charge on any atom is -0.320 e. The van der Waals surface area contributed by atoms with Crippen LogP contribution in [-0.2, 0) is 17.3 Å². The van der Waals surface area contributed by atoms with Crippen LogP contribution in [0.25, 0.3) is 0 Å². The van der Waals surface area contributed by atoms with Crippen LogP contribution in [0, 0.1) is 5.92 Å². The molecule has 2 aliphatic rings. The van der Waals surface area contributed by atoms with Crippen molar-refractivity contribution >= 4 is 10.2 Å². The summed E-state index contributed by atoms with van der Waals surface area (Å²) in [4.78, 5) is 0. The minimum absolute atomic E-state index is 0.139. The number of hydrogen-bond donors (Lipinski definition) is 0. The van der Waals surface area contributed by atoms with Crippen molar-refractivity contribution in [3.63, 3.8) is 0 Å². The number of nitrogens with zero attached hydrogens (tertiary/aromatic N) is 5. The first-order valence-electron chi connectivity index (χ1n) is 8.07. The minimum atomic E-state index is -3.34. The highest BCUT2D eigenvalue weighted by Crippen LogP contribution is 2.29. The van der Waals surface area contributed by atoms with Crippen molar-refractivity contribution in [2.45, 2.75) is 38.5 Å². The molecule has 124 valence electrons. The van der Waals surface area contributed by atoms with Gasteiger partial charge in [0, 0.05) is 39.1 Å². The van der Waals surface area contributed by atoms with Crippen LogP contribution >= 0.6 is 0 Å². The lowest BCUT2D eigenvalue weighted by molar-refractivity contribution is 0.243. The Morgan fingerprint density at radius 3 is 2.50 bits per heavy atom. The van der Waals surface area contributed by atoms with E-state index < -0.39 is 10.2 Å². The molecule has 2 saturated heterocycles. The number of aromatic nitrogens is 3. The van der Waals surface area contributed by atoms with E-state index in [1.165, 1.54) is 0 Å². The number of aryl methyl sites for hydroxylation is 1. The molecule has 0 spiro atoms. The van der Waals surface area contributed by atoms with E-state index in [2.05, 4.69) is 17.1 Å². The zero-order valence-corrected chi connectivity index (χ0v) is 14.2. The van der Waals surface area contributed by atoms with Crippen LogP contribution in [0.5, 0.6) is 0 Å². The van der Waals surface area contributed by atoms with Crippen molar-refractivity contribution in [1.82, 2.24) is 23.4 Å².